The molecule has 2 aromatic heterocycles. The van der Waals surface area contributed by atoms with Crippen molar-refractivity contribution in [3.05, 3.63) is 42.0 Å². The van der Waals surface area contributed by atoms with Crippen LogP contribution in [-0.2, 0) is 16.1 Å². The third kappa shape index (κ3) is 3.64. The molecule has 138 valence electrons. The number of anilines is 1. The van der Waals surface area contributed by atoms with Gasteiger partial charge < -0.3 is 19.1 Å². The molecule has 7 heteroatoms. The van der Waals surface area contributed by atoms with Gasteiger partial charge in [-0.2, -0.15) is 0 Å². The summed E-state index contributed by atoms with van der Waals surface area (Å²) < 4.78 is 17.4. The molecule has 0 saturated carbocycles. The van der Waals surface area contributed by atoms with E-state index in [4.69, 9.17) is 14.2 Å². The second kappa shape index (κ2) is 7.17. The molecule has 4 heterocycles. The Bertz CT molecular complexity index is 764. The van der Waals surface area contributed by atoms with Gasteiger partial charge in [0.15, 0.2) is 0 Å². The van der Waals surface area contributed by atoms with Crippen molar-refractivity contribution in [3.63, 3.8) is 0 Å². The van der Waals surface area contributed by atoms with Crippen molar-refractivity contribution in [2.45, 2.75) is 38.1 Å². The van der Waals surface area contributed by atoms with Gasteiger partial charge in [0.1, 0.15) is 17.7 Å². The van der Waals surface area contributed by atoms with Gasteiger partial charge >= 0.3 is 0 Å². The van der Waals surface area contributed by atoms with E-state index in [0.29, 0.717) is 12.5 Å². The van der Waals surface area contributed by atoms with E-state index < -0.39 is 0 Å². The second-order valence-electron chi connectivity index (χ2n) is 7.10. The van der Waals surface area contributed by atoms with Crippen molar-refractivity contribution in [1.29, 1.82) is 0 Å². The normalized spacial score (nSPS) is 21.5. The number of pyridine rings is 1. The number of methoxy groups -OCH3 is 1. The lowest BCUT2D eigenvalue weighted by Gasteiger charge is -2.53. The van der Waals surface area contributed by atoms with Gasteiger partial charge in [-0.1, -0.05) is 6.07 Å². The first-order valence-corrected chi connectivity index (χ1v) is 8.93. The minimum absolute atomic E-state index is 0.133. The summed E-state index contributed by atoms with van der Waals surface area (Å²) in [7, 11) is 1.61. The summed E-state index contributed by atoms with van der Waals surface area (Å²) in [6, 6.07) is 3.98. The van der Waals surface area contributed by atoms with E-state index in [-0.39, 0.29) is 11.7 Å². The van der Waals surface area contributed by atoms with Gasteiger partial charge in [0.25, 0.3) is 0 Å². The number of hydrogen-bond acceptors (Lipinski definition) is 7. The lowest BCUT2D eigenvalue weighted by Crippen LogP contribution is -2.66. The van der Waals surface area contributed by atoms with Crippen LogP contribution in [-0.4, -0.2) is 53.5 Å². The quantitative estimate of drug-likeness (QED) is 0.813. The summed E-state index contributed by atoms with van der Waals surface area (Å²) in [5, 5.41) is 0. The van der Waals surface area contributed by atoms with Crippen LogP contribution in [0.4, 0.5) is 5.82 Å². The first-order valence-electron chi connectivity index (χ1n) is 8.93. The Morgan fingerprint density at radius 3 is 2.96 bits per heavy atom. The fourth-order valence-corrected chi connectivity index (χ4v) is 3.68. The summed E-state index contributed by atoms with van der Waals surface area (Å²) in [6.07, 6.45) is 7.32. The minimum atomic E-state index is -0.133. The Kier molecular flexibility index (Phi) is 4.74. The molecule has 0 aromatic carbocycles. The smallest absolute Gasteiger partial charge is 0.218 e. The van der Waals surface area contributed by atoms with Gasteiger partial charge in [-0.3, -0.25) is 4.98 Å². The van der Waals surface area contributed by atoms with Crippen molar-refractivity contribution in [2.24, 2.45) is 0 Å². The fraction of sp³-hybridized carbons (Fsp3) is 0.526. The molecule has 0 N–H and O–H groups in total. The van der Waals surface area contributed by atoms with E-state index in [9.17, 15) is 0 Å². The Hall–Kier alpha value is -2.25. The number of rotatable bonds is 5. The van der Waals surface area contributed by atoms with Crippen LogP contribution in [0.15, 0.2) is 30.9 Å². The van der Waals surface area contributed by atoms with Crippen LogP contribution in [0.3, 0.4) is 0 Å². The monoisotopic (exact) mass is 356 g/mol. The highest BCUT2D eigenvalue weighted by molar-refractivity contribution is 5.45. The largest absolute Gasteiger partial charge is 0.481 e. The zero-order chi connectivity index (χ0) is 18.0. The summed E-state index contributed by atoms with van der Waals surface area (Å²) in [4.78, 5) is 14.8. The van der Waals surface area contributed by atoms with Crippen LogP contribution >= 0.6 is 0 Å². The number of hydrogen-bond donors (Lipinski definition) is 0. The van der Waals surface area contributed by atoms with E-state index in [2.05, 4.69) is 25.9 Å². The molecule has 2 aromatic rings. The zero-order valence-electron chi connectivity index (χ0n) is 15.2. The molecule has 0 bridgehead atoms. The average molecular weight is 356 g/mol. The van der Waals surface area contributed by atoms with E-state index in [1.165, 1.54) is 6.33 Å². The number of aryl methyl sites for hydroxylation is 1. The maximum Gasteiger partial charge on any atom is 0.218 e. The van der Waals surface area contributed by atoms with Gasteiger partial charge in [0.05, 0.1) is 32.9 Å². The Morgan fingerprint density at radius 1 is 1.27 bits per heavy atom. The molecule has 1 unspecified atom stereocenters. The molecule has 0 amide bonds. The first kappa shape index (κ1) is 17.2. The Balaban J connectivity index is 1.33. The standard InChI is InChI=1S/C19H24N4O3/c1-14-5-15(9-20-8-14)10-25-16-3-4-26-19(7-16)11-23(12-19)17-6-18(24-2)22-13-21-17/h5-6,8-9,13,16H,3-4,7,10-12H2,1-2H3. The van der Waals surface area contributed by atoms with Crippen molar-refractivity contribution < 1.29 is 14.2 Å². The van der Waals surface area contributed by atoms with Crippen LogP contribution in [0, 0.1) is 6.92 Å². The second-order valence-corrected chi connectivity index (χ2v) is 7.10. The number of ether oxygens (including phenoxy) is 3. The molecule has 1 spiro atoms. The number of nitrogens with zero attached hydrogens (tertiary/aromatic N) is 4. The summed E-state index contributed by atoms with van der Waals surface area (Å²) in [6.45, 7) is 5.02. The molecule has 4 rings (SSSR count). The van der Waals surface area contributed by atoms with E-state index in [1.54, 1.807) is 7.11 Å². The molecule has 2 aliphatic rings. The topological polar surface area (TPSA) is 69.6 Å². The average Bonchev–Trinajstić information content (AvgIpc) is 2.65. The fourth-order valence-electron chi connectivity index (χ4n) is 3.68. The molecular formula is C19H24N4O3. The maximum atomic E-state index is 6.15. The van der Waals surface area contributed by atoms with Gasteiger partial charge in [-0.15, -0.1) is 0 Å². The highest BCUT2D eigenvalue weighted by Gasteiger charge is 2.48. The third-order valence-corrected chi connectivity index (χ3v) is 4.98. The molecule has 7 nitrogen and oxygen atoms in total. The summed E-state index contributed by atoms with van der Waals surface area (Å²) in [5.41, 5.74) is 2.14. The predicted octanol–water partition coefficient (Wildman–Crippen LogP) is 2.14. The molecular weight excluding hydrogens is 332 g/mol. The maximum absolute atomic E-state index is 6.15. The van der Waals surface area contributed by atoms with Gasteiger partial charge in [-0.25, -0.2) is 9.97 Å². The first-order chi connectivity index (χ1) is 12.7. The van der Waals surface area contributed by atoms with Crippen LogP contribution in [0.5, 0.6) is 5.88 Å². The zero-order valence-corrected chi connectivity index (χ0v) is 15.2. The van der Waals surface area contributed by atoms with Crippen LogP contribution in [0.1, 0.15) is 24.0 Å². The highest BCUT2D eigenvalue weighted by Crippen LogP contribution is 2.37. The Morgan fingerprint density at radius 2 is 2.15 bits per heavy atom. The SMILES string of the molecule is COc1cc(N2CC3(CC(OCc4cncc(C)c4)CCO3)C2)ncn1. The van der Waals surface area contributed by atoms with Crippen LogP contribution < -0.4 is 9.64 Å². The van der Waals surface area contributed by atoms with E-state index in [1.807, 2.05) is 25.4 Å². The number of aromatic nitrogens is 3. The van der Waals surface area contributed by atoms with Gasteiger partial charge in [0.2, 0.25) is 5.88 Å². The molecule has 1 atom stereocenters. The van der Waals surface area contributed by atoms with Crippen molar-refractivity contribution in [2.75, 3.05) is 31.7 Å². The molecule has 26 heavy (non-hydrogen) atoms. The highest BCUT2D eigenvalue weighted by atomic mass is 16.5. The molecule has 0 aliphatic carbocycles. The van der Waals surface area contributed by atoms with E-state index >= 15 is 0 Å². The van der Waals surface area contributed by atoms with Crippen LogP contribution in [0.25, 0.3) is 0 Å². The predicted molar refractivity (Wildman–Crippen MR) is 96.3 cm³/mol. The Labute approximate surface area is 153 Å². The lowest BCUT2D eigenvalue weighted by molar-refractivity contribution is -0.148. The lowest BCUT2D eigenvalue weighted by atomic mass is 9.84. The molecule has 2 fully saturated rings. The summed E-state index contributed by atoms with van der Waals surface area (Å²) >= 11 is 0. The molecule has 0 radical (unpaired) electrons. The molecule has 2 saturated heterocycles. The van der Waals surface area contributed by atoms with Crippen molar-refractivity contribution >= 4 is 5.82 Å². The summed E-state index contributed by atoms with van der Waals surface area (Å²) in [5.74, 6) is 1.45. The van der Waals surface area contributed by atoms with Gasteiger partial charge in [0, 0.05) is 31.5 Å². The minimum Gasteiger partial charge on any atom is -0.481 e. The van der Waals surface area contributed by atoms with E-state index in [0.717, 1.165) is 49.5 Å². The van der Waals surface area contributed by atoms with Crippen molar-refractivity contribution in [1.82, 2.24) is 15.0 Å². The third-order valence-electron chi connectivity index (χ3n) is 4.98. The van der Waals surface area contributed by atoms with Gasteiger partial charge in [-0.05, 0) is 24.5 Å². The molecule has 2 aliphatic heterocycles. The van der Waals surface area contributed by atoms with Crippen molar-refractivity contribution in [3.8, 4) is 5.88 Å². The van der Waals surface area contributed by atoms with Crippen LogP contribution in [0.2, 0.25) is 0 Å².